The fourth-order valence-electron chi connectivity index (χ4n) is 2.19. The summed E-state index contributed by atoms with van der Waals surface area (Å²) in [5, 5.41) is 6.05. The van der Waals surface area contributed by atoms with Gasteiger partial charge in [0.15, 0.2) is 0 Å². The van der Waals surface area contributed by atoms with Crippen LogP contribution >= 0.6 is 11.3 Å². The van der Waals surface area contributed by atoms with Crippen LogP contribution in [0, 0.1) is 0 Å². The summed E-state index contributed by atoms with van der Waals surface area (Å²) >= 11 is 1.62. The van der Waals surface area contributed by atoms with Crippen molar-refractivity contribution in [3.05, 3.63) is 23.4 Å². The largest absolute Gasteiger partial charge is 0.376 e. The highest BCUT2D eigenvalue weighted by molar-refractivity contribution is 7.13. The first kappa shape index (κ1) is 12.8. The van der Waals surface area contributed by atoms with Gasteiger partial charge in [0, 0.05) is 12.6 Å². The van der Waals surface area contributed by atoms with Crippen LogP contribution in [0.3, 0.4) is 0 Å². The molecule has 0 spiro atoms. The maximum absolute atomic E-state index is 5.62. The zero-order valence-electron chi connectivity index (χ0n) is 11.1. The van der Waals surface area contributed by atoms with Gasteiger partial charge in [-0.15, -0.1) is 11.3 Å². The Kier molecular flexibility index (Phi) is 3.63. The first-order valence-electron chi connectivity index (χ1n) is 6.44. The molecule has 3 rings (SSSR count). The Morgan fingerprint density at radius 2 is 2.37 bits per heavy atom. The fraction of sp³-hybridized carbons (Fsp3) is 0.538. The van der Waals surface area contributed by atoms with Gasteiger partial charge in [-0.1, -0.05) is 11.2 Å². The lowest BCUT2D eigenvalue weighted by atomic mass is 10.2. The van der Waals surface area contributed by atoms with Crippen molar-refractivity contribution in [1.82, 2.24) is 15.0 Å². The number of aromatic nitrogens is 2. The molecule has 1 fully saturated rings. The van der Waals surface area contributed by atoms with E-state index in [1.54, 1.807) is 11.3 Å². The van der Waals surface area contributed by atoms with Crippen molar-refractivity contribution in [3.8, 4) is 10.7 Å². The first-order chi connectivity index (χ1) is 9.22. The van der Waals surface area contributed by atoms with Crippen molar-refractivity contribution in [2.45, 2.75) is 32.5 Å². The summed E-state index contributed by atoms with van der Waals surface area (Å²) in [6, 6.07) is 4.37. The molecule has 1 saturated heterocycles. The monoisotopic (exact) mass is 279 g/mol. The smallest absolute Gasteiger partial charge is 0.241 e. The molecule has 0 saturated carbocycles. The van der Waals surface area contributed by atoms with Crippen molar-refractivity contribution < 1.29 is 9.26 Å². The second kappa shape index (κ2) is 5.40. The molecule has 0 amide bonds. The molecule has 1 aliphatic heterocycles. The summed E-state index contributed by atoms with van der Waals surface area (Å²) in [5.74, 6) is 1.35. The highest BCUT2D eigenvalue weighted by Crippen LogP contribution is 2.22. The van der Waals surface area contributed by atoms with E-state index >= 15 is 0 Å². The van der Waals surface area contributed by atoms with Crippen LogP contribution in [-0.4, -0.2) is 40.3 Å². The van der Waals surface area contributed by atoms with Crippen molar-refractivity contribution in [3.63, 3.8) is 0 Å². The van der Waals surface area contributed by atoms with E-state index in [1.807, 2.05) is 17.5 Å². The Labute approximate surface area is 116 Å². The topological polar surface area (TPSA) is 51.4 Å². The zero-order chi connectivity index (χ0) is 13.2. The number of thiophene rings is 1. The predicted octanol–water partition coefficient (Wildman–Crippen LogP) is 2.41. The summed E-state index contributed by atoms with van der Waals surface area (Å²) in [6.45, 7) is 6.59. The van der Waals surface area contributed by atoms with E-state index in [1.165, 1.54) is 0 Å². The van der Waals surface area contributed by atoms with Crippen molar-refractivity contribution in [1.29, 1.82) is 0 Å². The van der Waals surface area contributed by atoms with Gasteiger partial charge in [-0.2, -0.15) is 4.98 Å². The minimum Gasteiger partial charge on any atom is -0.376 e. The minimum absolute atomic E-state index is 0.260. The average Bonchev–Trinajstić information content (AvgIpc) is 3.04. The van der Waals surface area contributed by atoms with Crippen LogP contribution in [0.25, 0.3) is 10.7 Å². The molecular weight excluding hydrogens is 262 g/mol. The third kappa shape index (κ3) is 2.86. The molecule has 19 heavy (non-hydrogen) atoms. The van der Waals surface area contributed by atoms with E-state index in [9.17, 15) is 0 Å². The van der Waals surface area contributed by atoms with Crippen LogP contribution in [0.2, 0.25) is 0 Å². The Hall–Kier alpha value is -1.24. The summed E-state index contributed by atoms with van der Waals surface area (Å²) in [5.41, 5.74) is 0. The second-order valence-electron chi connectivity index (χ2n) is 4.91. The summed E-state index contributed by atoms with van der Waals surface area (Å²) < 4.78 is 11.0. The molecular formula is C13H17N3O2S. The van der Waals surface area contributed by atoms with Gasteiger partial charge in [-0.05, 0) is 25.3 Å². The lowest BCUT2D eigenvalue weighted by Crippen LogP contribution is -2.46. The average molecular weight is 279 g/mol. The van der Waals surface area contributed by atoms with Crippen molar-refractivity contribution >= 4 is 11.3 Å². The quantitative estimate of drug-likeness (QED) is 0.863. The first-order valence-corrected chi connectivity index (χ1v) is 7.32. The number of ether oxygens (including phenoxy) is 1. The molecule has 3 heterocycles. The highest BCUT2D eigenvalue weighted by atomic mass is 32.1. The molecule has 2 atom stereocenters. The molecule has 2 aromatic heterocycles. The Morgan fingerprint density at radius 3 is 3.16 bits per heavy atom. The van der Waals surface area contributed by atoms with Gasteiger partial charge < -0.3 is 9.26 Å². The third-order valence-electron chi connectivity index (χ3n) is 3.28. The van der Waals surface area contributed by atoms with Crippen LogP contribution in [-0.2, 0) is 11.3 Å². The lowest BCUT2D eigenvalue weighted by Gasteiger charge is -2.35. The molecule has 0 unspecified atom stereocenters. The standard InChI is InChI=1S/C13H17N3O2S/c1-9-8-17-10(2)6-16(9)7-12-14-13(15-18-12)11-4-3-5-19-11/h3-5,9-10H,6-8H2,1-2H3/t9-,10-/m1/s1. The van der Waals surface area contributed by atoms with E-state index in [4.69, 9.17) is 9.26 Å². The lowest BCUT2D eigenvalue weighted by molar-refractivity contribution is -0.0555. The summed E-state index contributed by atoms with van der Waals surface area (Å²) in [7, 11) is 0. The number of hydrogen-bond acceptors (Lipinski definition) is 6. The number of hydrogen-bond donors (Lipinski definition) is 0. The SMILES string of the molecule is C[C@@H]1CN(Cc2nc(-c3cccs3)no2)[C@H](C)CO1. The van der Waals surface area contributed by atoms with Crippen molar-refractivity contribution in [2.75, 3.05) is 13.2 Å². The van der Waals surface area contributed by atoms with E-state index in [2.05, 4.69) is 28.9 Å². The van der Waals surface area contributed by atoms with Gasteiger partial charge >= 0.3 is 0 Å². The van der Waals surface area contributed by atoms with Gasteiger partial charge in [0.25, 0.3) is 0 Å². The molecule has 5 nitrogen and oxygen atoms in total. The second-order valence-corrected chi connectivity index (χ2v) is 5.86. The van der Waals surface area contributed by atoms with Crippen LogP contribution in [0.15, 0.2) is 22.0 Å². The molecule has 0 bridgehead atoms. The minimum atomic E-state index is 0.260. The maximum atomic E-state index is 5.62. The van der Waals surface area contributed by atoms with Crippen LogP contribution in [0.5, 0.6) is 0 Å². The normalized spacial score (nSPS) is 24.7. The highest BCUT2D eigenvalue weighted by Gasteiger charge is 2.25. The van der Waals surface area contributed by atoms with Gasteiger partial charge in [0.05, 0.1) is 24.1 Å². The maximum Gasteiger partial charge on any atom is 0.241 e. The fourth-order valence-corrected chi connectivity index (χ4v) is 2.84. The Morgan fingerprint density at radius 1 is 1.47 bits per heavy atom. The van der Waals surface area contributed by atoms with E-state index in [0.29, 0.717) is 24.3 Å². The van der Waals surface area contributed by atoms with Gasteiger partial charge in [0.2, 0.25) is 11.7 Å². The molecule has 0 N–H and O–H groups in total. The van der Waals surface area contributed by atoms with Crippen LogP contribution in [0.1, 0.15) is 19.7 Å². The van der Waals surface area contributed by atoms with E-state index in [0.717, 1.165) is 18.0 Å². The van der Waals surface area contributed by atoms with Crippen LogP contribution in [0.4, 0.5) is 0 Å². The molecule has 1 aliphatic rings. The van der Waals surface area contributed by atoms with E-state index in [-0.39, 0.29) is 6.10 Å². The van der Waals surface area contributed by atoms with Crippen LogP contribution < -0.4 is 0 Å². The number of rotatable bonds is 3. The van der Waals surface area contributed by atoms with Crippen molar-refractivity contribution in [2.24, 2.45) is 0 Å². The molecule has 0 aromatic carbocycles. The summed E-state index contributed by atoms with van der Waals surface area (Å²) in [4.78, 5) is 7.82. The molecule has 0 aliphatic carbocycles. The Balaban J connectivity index is 1.70. The summed E-state index contributed by atoms with van der Waals surface area (Å²) in [6.07, 6.45) is 0.260. The molecule has 102 valence electrons. The Bertz CT molecular complexity index is 526. The molecule has 2 aromatic rings. The zero-order valence-corrected chi connectivity index (χ0v) is 11.9. The molecule has 6 heteroatoms. The van der Waals surface area contributed by atoms with E-state index < -0.39 is 0 Å². The third-order valence-corrected chi connectivity index (χ3v) is 4.15. The molecule has 0 radical (unpaired) electrons. The van der Waals surface area contributed by atoms with Gasteiger partial charge in [-0.3, -0.25) is 4.90 Å². The number of nitrogens with zero attached hydrogens (tertiary/aromatic N) is 3. The predicted molar refractivity (Wildman–Crippen MR) is 72.9 cm³/mol. The van der Waals surface area contributed by atoms with Gasteiger partial charge in [-0.25, -0.2) is 0 Å². The number of morpholine rings is 1. The van der Waals surface area contributed by atoms with Gasteiger partial charge in [0.1, 0.15) is 0 Å².